The number of hydrogen-bond donors (Lipinski definition) is 3. The predicted octanol–water partition coefficient (Wildman–Crippen LogP) is 5.92. The number of esters is 1. The molecule has 0 aliphatic carbocycles. The Kier molecular flexibility index (Phi) is 11.5. The van der Waals surface area contributed by atoms with Gasteiger partial charge >= 0.3 is 24.1 Å². The van der Waals surface area contributed by atoms with Crippen LogP contribution >= 0.6 is 0 Å². The predicted molar refractivity (Wildman–Crippen MR) is 179 cm³/mol. The summed E-state index contributed by atoms with van der Waals surface area (Å²) in [6.45, 7) is 1.03. The zero-order valence-electron chi connectivity index (χ0n) is 27.6. The summed E-state index contributed by atoms with van der Waals surface area (Å²) in [5.41, 5.74) is -2.68. The maximum absolute atomic E-state index is 13.7. The van der Waals surface area contributed by atoms with Gasteiger partial charge in [-0.15, -0.1) is 0 Å². The molecule has 0 bridgehead atoms. The first-order chi connectivity index (χ1) is 24.1. The Hall–Kier alpha value is -6.18. The second-order valence-electron chi connectivity index (χ2n) is 11.5. The second-order valence-corrected chi connectivity index (χ2v) is 11.5. The Balaban J connectivity index is 1.62. The van der Waals surface area contributed by atoms with E-state index in [1.807, 2.05) is 0 Å². The Morgan fingerprint density at radius 2 is 1.43 bits per heavy atom. The molecule has 3 N–H and O–H groups in total. The molecule has 0 fully saturated rings. The summed E-state index contributed by atoms with van der Waals surface area (Å²) in [6, 6.07) is 19.9. The van der Waals surface area contributed by atoms with E-state index in [-0.39, 0.29) is 33.5 Å². The molecule has 0 unspecified atom stereocenters. The zero-order chi connectivity index (χ0) is 37.5. The van der Waals surface area contributed by atoms with Crippen LogP contribution in [0.15, 0.2) is 91.0 Å². The minimum Gasteiger partial charge on any atom is -0.494 e. The number of carboxylic acids is 2. The first-order valence-electron chi connectivity index (χ1n) is 15.4. The highest BCUT2D eigenvalue weighted by atomic mass is 19.4. The molecule has 266 valence electrons. The van der Waals surface area contributed by atoms with Gasteiger partial charge in [-0.25, -0.2) is 0 Å². The van der Waals surface area contributed by atoms with Gasteiger partial charge < -0.3 is 29.9 Å². The number of ether oxygens (including phenoxy) is 2. The van der Waals surface area contributed by atoms with Crippen molar-refractivity contribution in [1.82, 2.24) is 4.90 Å². The van der Waals surface area contributed by atoms with Crippen LogP contribution in [0.4, 0.5) is 18.9 Å². The lowest BCUT2D eigenvalue weighted by molar-refractivity contribution is -0.164. The molecule has 0 saturated carbocycles. The van der Waals surface area contributed by atoms with Crippen molar-refractivity contribution in [2.75, 3.05) is 32.6 Å². The van der Waals surface area contributed by atoms with E-state index >= 15 is 0 Å². The lowest BCUT2D eigenvalue weighted by atomic mass is 9.81. The van der Waals surface area contributed by atoms with Crippen LogP contribution in [0.2, 0.25) is 0 Å². The highest BCUT2D eigenvalue weighted by molar-refractivity contribution is 6.12. The molecule has 2 amide bonds. The molecule has 4 rings (SSSR count). The molecule has 0 radical (unpaired) electrons. The molecule has 0 heterocycles. The number of nitrogens with zero attached hydrogens (tertiary/aromatic N) is 1. The van der Waals surface area contributed by atoms with Crippen LogP contribution < -0.4 is 10.1 Å². The van der Waals surface area contributed by atoms with E-state index in [1.54, 1.807) is 13.0 Å². The standard InChI is InChI=1S/C37H33F3N2O9/c1-4-50-26-15-16-27(28(20-26)23-11-13-25(14-12-23)37(38,39)40)32(44)41-30-17-10-22(18-29(30)33(45)42(2)3)19-31(43)51-21-36(34(46)47,35(48)49)24-8-6-5-7-9-24/h5-18,20H,4,19,21H2,1-3H3,(H,41,44)(H,46,47)(H,48,49). The zero-order valence-corrected chi connectivity index (χ0v) is 27.6. The Morgan fingerprint density at radius 1 is 0.784 bits per heavy atom. The summed E-state index contributed by atoms with van der Waals surface area (Å²) in [5, 5.41) is 22.4. The second kappa shape index (κ2) is 15.6. The number of alkyl halides is 3. The highest BCUT2D eigenvalue weighted by Crippen LogP contribution is 2.34. The number of carbonyl (C=O) groups excluding carboxylic acids is 3. The van der Waals surface area contributed by atoms with Gasteiger partial charge in [0.2, 0.25) is 5.41 Å². The molecule has 4 aromatic carbocycles. The molecule has 0 saturated heterocycles. The molecule has 0 aliphatic rings. The number of benzene rings is 4. The number of anilines is 1. The number of aliphatic carboxylic acids is 2. The number of halogens is 3. The third kappa shape index (κ3) is 8.52. The van der Waals surface area contributed by atoms with Gasteiger partial charge in [-0.05, 0) is 71.6 Å². The molecular formula is C37H33F3N2O9. The third-order valence-corrected chi connectivity index (χ3v) is 7.83. The van der Waals surface area contributed by atoms with Gasteiger partial charge in [0.15, 0.2) is 0 Å². The lowest BCUT2D eigenvalue weighted by Crippen LogP contribution is -2.48. The normalized spacial score (nSPS) is 11.3. The number of carboxylic acid groups (broad SMARTS) is 2. The van der Waals surface area contributed by atoms with Gasteiger partial charge in [0.1, 0.15) is 12.4 Å². The maximum Gasteiger partial charge on any atom is 0.416 e. The fraction of sp³-hybridized carbons (Fsp3) is 0.216. The first kappa shape index (κ1) is 37.6. The monoisotopic (exact) mass is 706 g/mol. The van der Waals surface area contributed by atoms with Crippen LogP contribution in [0.1, 0.15) is 44.3 Å². The average Bonchev–Trinajstić information content (AvgIpc) is 3.08. The van der Waals surface area contributed by atoms with Gasteiger partial charge in [0, 0.05) is 19.7 Å². The summed E-state index contributed by atoms with van der Waals surface area (Å²) >= 11 is 0. The fourth-order valence-electron chi connectivity index (χ4n) is 5.15. The van der Waals surface area contributed by atoms with Crippen molar-refractivity contribution >= 4 is 35.4 Å². The minimum absolute atomic E-state index is 0.0321. The van der Waals surface area contributed by atoms with Crippen LogP contribution in [0.5, 0.6) is 5.75 Å². The maximum atomic E-state index is 13.7. The number of nitrogens with one attached hydrogen (secondary N) is 1. The summed E-state index contributed by atoms with van der Waals surface area (Å²) in [7, 11) is 2.93. The van der Waals surface area contributed by atoms with E-state index in [0.29, 0.717) is 17.9 Å². The number of amides is 2. The molecule has 0 aliphatic heterocycles. The van der Waals surface area contributed by atoms with E-state index in [0.717, 1.165) is 12.1 Å². The first-order valence-corrected chi connectivity index (χ1v) is 15.4. The van der Waals surface area contributed by atoms with Gasteiger partial charge in [-0.1, -0.05) is 48.5 Å². The van der Waals surface area contributed by atoms with Crippen molar-refractivity contribution in [2.45, 2.75) is 24.9 Å². The van der Waals surface area contributed by atoms with Crippen molar-refractivity contribution in [3.8, 4) is 16.9 Å². The Labute approximate surface area is 290 Å². The molecule has 0 spiro atoms. The summed E-state index contributed by atoms with van der Waals surface area (Å²) < 4.78 is 50.4. The van der Waals surface area contributed by atoms with Crippen molar-refractivity contribution in [3.05, 3.63) is 119 Å². The fourth-order valence-corrected chi connectivity index (χ4v) is 5.15. The van der Waals surface area contributed by atoms with Crippen molar-refractivity contribution < 1.29 is 56.8 Å². The quantitative estimate of drug-likeness (QED) is 0.113. The Morgan fingerprint density at radius 3 is 2.00 bits per heavy atom. The molecule has 4 aromatic rings. The van der Waals surface area contributed by atoms with E-state index < -0.39 is 59.9 Å². The van der Waals surface area contributed by atoms with E-state index in [4.69, 9.17) is 9.47 Å². The van der Waals surface area contributed by atoms with Crippen molar-refractivity contribution in [3.63, 3.8) is 0 Å². The average molecular weight is 707 g/mol. The van der Waals surface area contributed by atoms with E-state index in [2.05, 4.69) is 5.32 Å². The minimum atomic E-state index is -4.56. The van der Waals surface area contributed by atoms with Gasteiger partial charge in [-0.3, -0.25) is 24.0 Å². The van der Waals surface area contributed by atoms with Crippen LogP contribution in [-0.2, 0) is 37.1 Å². The van der Waals surface area contributed by atoms with Crippen LogP contribution in [-0.4, -0.2) is 72.1 Å². The molecule has 11 nitrogen and oxygen atoms in total. The Bertz CT molecular complexity index is 1930. The molecule has 51 heavy (non-hydrogen) atoms. The number of rotatable bonds is 13. The van der Waals surface area contributed by atoms with Crippen LogP contribution in [0, 0.1) is 0 Å². The van der Waals surface area contributed by atoms with Gasteiger partial charge in [0.25, 0.3) is 11.8 Å². The SMILES string of the molecule is CCOc1ccc(C(=O)Nc2ccc(CC(=O)OCC(C(=O)O)(C(=O)O)c3ccccc3)cc2C(=O)N(C)C)c(-c2ccc(C(F)(F)F)cc2)c1. The third-order valence-electron chi connectivity index (χ3n) is 7.83. The molecule has 14 heteroatoms. The highest BCUT2D eigenvalue weighted by Gasteiger charge is 2.50. The van der Waals surface area contributed by atoms with E-state index in [1.165, 1.54) is 91.8 Å². The van der Waals surface area contributed by atoms with Crippen LogP contribution in [0.25, 0.3) is 11.1 Å². The van der Waals surface area contributed by atoms with Gasteiger partial charge in [0.05, 0.1) is 29.8 Å². The molecular weight excluding hydrogens is 673 g/mol. The van der Waals surface area contributed by atoms with Gasteiger partial charge in [-0.2, -0.15) is 13.2 Å². The van der Waals surface area contributed by atoms with Crippen molar-refractivity contribution in [1.29, 1.82) is 0 Å². The largest absolute Gasteiger partial charge is 0.494 e. The summed E-state index contributed by atoms with van der Waals surface area (Å²) in [4.78, 5) is 65.3. The number of hydrogen-bond acceptors (Lipinski definition) is 7. The summed E-state index contributed by atoms with van der Waals surface area (Å²) in [6.07, 6.45) is -5.04. The van der Waals surface area contributed by atoms with Crippen LogP contribution in [0.3, 0.4) is 0 Å². The molecule has 0 aromatic heterocycles. The summed E-state index contributed by atoms with van der Waals surface area (Å²) in [5.74, 6) is -5.34. The lowest BCUT2D eigenvalue weighted by Gasteiger charge is -2.25. The smallest absolute Gasteiger partial charge is 0.416 e. The topological polar surface area (TPSA) is 160 Å². The number of carbonyl (C=O) groups is 5. The van der Waals surface area contributed by atoms with E-state index in [9.17, 15) is 47.4 Å². The molecule has 0 atom stereocenters. The van der Waals surface area contributed by atoms with Crippen molar-refractivity contribution in [2.24, 2.45) is 0 Å².